The Morgan fingerprint density at radius 1 is 1.15 bits per heavy atom. The van der Waals surface area contributed by atoms with Crippen LogP contribution in [0.5, 0.6) is 0 Å². The lowest BCUT2D eigenvalue weighted by Gasteiger charge is -2.37. The van der Waals surface area contributed by atoms with Gasteiger partial charge in [-0.25, -0.2) is 4.79 Å². The minimum absolute atomic E-state index is 0.174. The van der Waals surface area contributed by atoms with Crippen LogP contribution >= 0.6 is 15.9 Å². The summed E-state index contributed by atoms with van der Waals surface area (Å²) in [5, 5.41) is 3.56. The number of hydrogen-bond donors (Lipinski definition) is 1. The van der Waals surface area contributed by atoms with Crippen molar-refractivity contribution in [3.8, 4) is 0 Å². The van der Waals surface area contributed by atoms with Crippen LogP contribution in [0, 0.1) is 11.3 Å². The fraction of sp³-hybridized carbons (Fsp3) is 0.370. The van der Waals surface area contributed by atoms with Crippen LogP contribution in [-0.4, -0.2) is 23.5 Å². The maximum absolute atomic E-state index is 13.3. The van der Waals surface area contributed by atoms with Crippen LogP contribution in [0.25, 0.3) is 10.9 Å². The molecule has 2 aromatic carbocycles. The molecule has 0 saturated carbocycles. The van der Waals surface area contributed by atoms with E-state index in [9.17, 15) is 9.59 Å². The molecule has 1 unspecified atom stereocenters. The van der Waals surface area contributed by atoms with Crippen molar-refractivity contribution in [3.05, 3.63) is 69.8 Å². The predicted molar refractivity (Wildman–Crippen MR) is 134 cm³/mol. The number of nitrogens with one attached hydrogen (secondary N) is 1. The lowest BCUT2D eigenvalue weighted by molar-refractivity contribution is -0.119. The van der Waals surface area contributed by atoms with E-state index in [1.807, 2.05) is 42.5 Å². The molecule has 1 amide bonds. The van der Waals surface area contributed by atoms with Crippen molar-refractivity contribution in [2.75, 3.05) is 11.9 Å². The van der Waals surface area contributed by atoms with Crippen molar-refractivity contribution in [2.24, 2.45) is 11.3 Å². The Balaban J connectivity index is 1.61. The van der Waals surface area contributed by atoms with E-state index in [0.717, 1.165) is 52.3 Å². The van der Waals surface area contributed by atoms with Crippen LogP contribution in [0.2, 0.25) is 0 Å². The number of ether oxygens (including phenoxy) is 1. The third-order valence-corrected chi connectivity index (χ3v) is 7.65. The molecular formula is C27H29BrN2O3. The first-order chi connectivity index (χ1) is 15.8. The van der Waals surface area contributed by atoms with Crippen molar-refractivity contribution in [3.63, 3.8) is 0 Å². The van der Waals surface area contributed by atoms with E-state index >= 15 is 0 Å². The number of pyridine rings is 1. The number of anilines is 1. The molecule has 1 atom stereocenters. The van der Waals surface area contributed by atoms with E-state index in [4.69, 9.17) is 9.72 Å². The number of benzene rings is 2. The Morgan fingerprint density at radius 2 is 1.88 bits per heavy atom. The van der Waals surface area contributed by atoms with Gasteiger partial charge in [0.05, 0.1) is 16.8 Å². The molecule has 0 saturated heterocycles. The summed E-state index contributed by atoms with van der Waals surface area (Å²) in [7, 11) is 0. The number of para-hydroxylation sites is 2. The standard InChI is InChI=1S/C27H29BrN2O3/c1-4-27(2,3)17-13-14-22-19(15-17)25(18-9-5-7-11-21(18)29-22)26(32)33-16-24(31)30-23-12-8-6-10-20(23)28/h5-12,17H,4,13-16H2,1-3H3,(H,30,31). The number of halogens is 1. The van der Waals surface area contributed by atoms with Crippen molar-refractivity contribution in [1.29, 1.82) is 0 Å². The van der Waals surface area contributed by atoms with Gasteiger partial charge in [0.1, 0.15) is 0 Å². The van der Waals surface area contributed by atoms with Gasteiger partial charge < -0.3 is 10.1 Å². The first-order valence-corrected chi connectivity index (χ1v) is 12.2. The zero-order valence-corrected chi connectivity index (χ0v) is 20.9. The molecule has 33 heavy (non-hydrogen) atoms. The van der Waals surface area contributed by atoms with Crippen molar-refractivity contribution < 1.29 is 14.3 Å². The number of carbonyl (C=O) groups excluding carboxylic acids is 2. The Bertz CT molecular complexity index is 1210. The third-order valence-electron chi connectivity index (χ3n) is 6.96. The van der Waals surface area contributed by atoms with Gasteiger partial charge in [-0.2, -0.15) is 0 Å². The average Bonchev–Trinajstić information content (AvgIpc) is 2.82. The SMILES string of the molecule is CCC(C)(C)C1CCc2nc3ccccc3c(C(=O)OCC(=O)Nc3ccccc3Br)c2C1. The second-order valence-corrected chi connectivity index (χ2v) is 10.2. The Kier molecular flexibility index (Phi) is 6.84. The molecule has 0 bridgehead atoms. The monoisotopic (exact) mass is 508 g/mol. The molecule has 4 rings (SSSR count). The number of nitrogens with zero attached hydrogens (tertiary/aromatic N) is 1. The molecule has 5 nitrogen and oxygen atoms in total. The second-order valence-electron chi connectivity index (χ2n) is 9.32. The summed E-state index contributed by atoms with van der Waals surface area (Å²) >= 11 is 3.41. The fourth-order valence-corrected chi connectivity index (χ4v) is 4.91. The highest BCUT2D eigenvalue weighted by Gasteiger charge is 2.34. The lowest BCUT2D eigenvalue weighted by atomic mass is 9.68. The first-order valence-electron chi connectivity index (χ1n) is 11.4. The highest BCUT2D eigenvalue weighted by Crippen LogP contribution is 2.41. The van der Waals surface area contributed by atoms with Gasteiger partial charge in [-0.05, 0) is 70.3 Å². The third kappa shape index (κ3) is 4.96. The minimum atomic E-state index is -0.470. The highest BCUT2D eigenvalue weighted by atomic mass is 79.9. The molecule has 1 aromatic heterocycles. The van der Waals surface area contributed by atoms with Crippen LogP contribution in [0.1, 0.15) is 55.2 Å². The molecule has 172 valence electrons. The van der Waals surface area contributed by atoms with Crippen LogP contribution in [0.15, 0.2) is 53.0 Å². The minimum Gasteiger partial charge on any atom is -0.452 e. The van der Waals surface area contributed by atoms with E-state index in [1.54, 1.807) is 6.07 Å². The predicted octanol–water partition coefficient (Wildman–Crippen LogP) is 6.33. The molecule has 1 aliphatic rings. The van der Waals surface area contributed by atoms with Crippen molar-refractivity contribution >= 4 is 44.4 Å². The summed E-state index contributed by atoms with van der Waals surface area (Å²) in [6, 6.07) is 15.0. The van der Waals surface area contributed by atoms with Gasteiger partial charge in [0.25, 0.3) is 5.91 Å². The zero-order valence-electron chi connectivity index (χ0n) is 19.3. The number of esters is 1. The van der Waals surface area contributed by atoms with Crippen LogP contribution < -0.4 is 5.32 Å². The number of fused-ring (bicyclic) bond motifs is 2. The number of hydrogen-bond acceptors (Lipinski definition) is 4. The van der Waals surface area contributed by atoms with Crippen LogP contribution in [0.4, 0.5) is 5.69 Å². The van der Waals surface area contributed by atoms with Crippen LogP contribution in [0.3, 0.4) is 0 Å². The summed E-state index contributed by atoms with van der Waals surface area (Å²) in [5.74, 6) is -0.391. The quantitative estimate of drug-likeness (QED) is 0.394. The maximum atomic E-state index is 13.3. The van der Waals surface area contributed by atoms with Crippen molar-refractivity contribution in [2.45, 2.75) is 46.5 Å². The number of aryl methyl sites for hydroxylation is 1. The summed E-state index contributed by atoms with van der Waals surface area (Å²) in [4.78, 5) is 30.7. The summed E-state index contributed by atoms with van der Waals surface area (Å²) in [6.45, 7) is 6.45. The smallest absolute Gasteiger partial charge is 0.339 e. The topological polar surface area (TPSA) is 68.3 Å². The highest BCUT2D eigenvalue weighted by molar-refractivity contribution is 9.10. The van der Waals surface area contributed by atoms with E-state index in [0.29, 0.717) is 17.2 Å². The summed E-state index contributed by atoms with van der Waals surface area (Å²) in [5.41, 5.74) is 4.10. The Labute approximate surface area is 203 Å². The van der Waals surface area contributed by atoms with Gasteiger partial charge >= 0.3 is 5.97 Å². The lowest BCUT2D eigenvalue weighted by Crippen LogP contribution is -2.31. The van der Waals surface area contributed by atoms with E-state index in [2.05, 4.69) is 42.0 Å². The average molecular weight is 509 g/mol. The number of aromatic nitrogens is 1. The van der Waals surface area contributed by atoms with Gasteiger partial charge in [-0.15, -0.1) is 0 Å². The van der Waals surface area contributed by atoms with Gasteiger partial charge in [-0.3, -0.25) is 9.78 Å². The van der Waals surface area contributed by atoms with E-state index in [1.165, 1.54) is 0 Å². The van der Waals surface area contributed by atoms with Crippen molar-refractivity contribution in [1.82, 2.24) is 4.98 Å². The van der Waals surface area contributed by atoms with Gasteiger partial charge in [0.2, 0.25) is 0 Å². The molecule has 0 spiro atoms. The molecule has 1 heterocycles. The Hall–Kier alpha value is -2.73. The molecule has 1 N–H and O–H groups in total. The molecule has 0 aliphatic heterocycles. The zero-order chi connectivity index (χ0) is 23.6. The first kappa shape index (κ1) is 23.4. The largest absolute Gasteiger partial charge is 0.452 e. The normalized spacial score (nSPS) is 15.7. The Morgan fingerprint density at radius 3 is 2.64 bits per heavy atom. The van der Waals surface area contributed by atoms with Gasteiger partial charge in [0, 0.05) is 15.6 Å². The fourth-order valence-electron chi connectivity index (χ4n) is 4.53. The van der Waals surface area contributed by atoms with E-state index in [-0.39, 0.29) is 17.9 Å². The van der Waals surface area contributed by atoms with Gasteiger partial charge in [-0.1, -0.05) is 57.5 Å². The number of rotatable bonds is 6. The summed E-state index contributed by atoms with van der Waals surface area (Å²) in [6.07, 6.45) is 3.77. The molecule has 6 heteroatoms. The maximum Gasteiger partial charge on any atom is 0.339 e. The number of carbonyl (C=O) groups is 2. The second kappa shape index (κ2) is 9.64. The molecule has 0 radical (unpaired) electrons. The van der Waals surface area contributed by atoms with Gasteiger partial charge in [0.15, 0.2) is 6.61 Å². The number of amides is 1. The van der Waals surface area contributed by atoms with Crippen LogP contribution in [-0.2, 0) is 22.4 Å². The molecule has 1 aliphatic carbocycles. The molecule has 0 fully saturated rings. The summed E-state index contributed by atoms with van der Waals surface area (Å²) < 4.78 is 6.30. The molecule has 3 aromatic rings. The van der Waals surface area contributed by atoms with E-state index < -0.39 is 5.97 Å². The molecular weight excluding hydrogens is 480 g/mol.